The molecule has 9 heteroatoms. The number of hydrogen-bond acceptors (Lipinski definition) is 6. The lowest BCUT2D eigenvalue weighted by atomic mass is 9.52. The quantitative estimate of drug-likeness (QED) is 0.370. The van der Waals surface area contributed by atoms with Gasteiger partial charge in [0.25, 0.3) is 5.91 Å². The molecule has 8 bridgehead atoms. The van der Waals surface area contributed by atoms with Gasteiger partial charge in [0.1, 0.15) is 5.56 Å². The first kappa shape index (κ1) is 28.4. The Labute approximate surface area is 248 Å². The van der Waals surface area contributed by atoms with E-state index in [1.807, 2.05) is 33.8 Å². The SMILES string of the molecule is CC(C)Oc1c(C(=O)NC2C3CC4CC2CC(O)(C4)C3)cnn1C=CC(C)(C)C(=O)NC1C2CC3CC1CC(O)(C3)C2. The molecule has 4 N–H and O–H groups in total. The molecular weight excluding hydrogens is 532 g/mol. The number of ether oxygens (including phenoxy) is 1. The average molecular weight is 581 g/mol. The lowest BCUT2D eigenvalue weighted by molar-refractivity contribution is -0.149. The highest BCUT2D eigenvalue weighted by Gasteiger charge is 2.56. The number of rotatable bonds is 8. The van der Waals surface area contributed by atoms with Crippen LogP contribution in [0.5, 0.6) is 5.88 Å². The van der Waals surface area contributed by atoms with Crippen molar-refractivity contribution in [1.82, 2.24) is 20.4 Å². The fourth-order valence-electron chi connectivity index (χ4n) is 10.3. The topological polar surface area (TPSA) is 126 Å². The van der Waals surface area contributed by atoms with Crippen LogP contribution in [0.15, 0.2) is 12.3 Å². The molecule has 0 radical (unpaired) electrons. The van der Waals surface area contributed by atoms with E-state index >= 15 is 0 Å². The maximum Gasteiger partial charge on any atom is 0.258 e. The van der Waals surface area contributed by atoms with Crippen LogP contribution >= 0.6 is 0 Å². The Kier molecular flexibility index (Phi) is 6.63. The van der Waals surface area contributed by atoms with Crippen LogP contribution in [0.4, 0.5) is 0 Å². The first-order chi connectivity index (χ1) is 19.8. The standard InChI is InChI=1S/C33H48N4O5/c1-18(2)42-29-25(28(38)35-26-21-7-19-8-22(26)14-32(40,11-19)13-21)17-34-37(29)6-5-31(3,4)30(39)36-27-23-9-20-10-24(27)16-33(41,12-20)15-23/h5-6,17-24,26-27,40-41H,7-16H2,1-4H3,(H,35,38)(H,36,39). The Hall–Kier alpha value is -2.39. The van der Waals surface area contributed by atoms with Crippen molar-refractivity contribution in [2.75, 3.05) is 0 Å². The molecule has 0 aliphatic heterocycles. The zero-order chi connectivity index (χ0) is 29.6. The van der Waals surface area contributed by atoms with Gasteiger partial charge in [-0.2, -0.15) is 5.10 Å². The number of carbonyl (C=O) groups excluding carboxylic acids is 2. The van der Waals surface area contributed by atoms with Crippen molar-refractivity contribution in [1.29, 1.82) is 0 Å². The van der Waals surface area contributed by atoms with Crippen LogP contribution in [0.25, 0.3) is 6.20 Å². The summed E-state index contributed by atoms with van der Waals surface area (Å²) >= 11 is 0. The Balaban J connectivity index is 1.05. The predicted molar refractivity (Wildman–Crippen MR) is 157 cm³/mol. The molecule has 8 fully saturated rings. The molecule has 42 heavy (non-hydrogen) atoms. The monoisotopic (exact) mass is 580 g/mol. The summed E-state index contributed by atoms with van der Waals surface area (Å²) in [5, 5.41) is 33.0. The Morgan fingerprint density at radius 1 is 0.929 bits per heavy atom. The second kappa shape index (κ2) is 9.81. The van der Waals surface area contributed by atoms with Crippen molar-refractivity contribution in [3.8, 4) is 5.88 Å². The van der Waals surface area contributed by atoms with Gasteiger partial charge in [-0.1, -0.05) is 6.08 Å². The van der Waals surface area contributed by atoms with E-state index in [0.29, 0.717) is 47.0 Å². The lowest BCUT2D eigenvalue weighted by Gasteiger charge is -2.58. The zero-order valence-corrected chi connectivity index (χ0v) is 25.5. The Morgan fingerprint density at radius 2 is 1.43 bits per heavy atom. The largest absolute Gasteiger partial charge is 0.474 e. The van der Waals surface area contributed by atoms with Crippen molar-refractivity contribution in [2.24, 2.45) is 40.9 Å². The summed E-state index contributed by atoms with van der Waals surface area (Å²) in [6.07, 6.45) is 14.2. The molecule has 8 aliphatic rings. The highest BCUT2D eigenvalue weighted by Crippen LogP contribution is 2.57. The van der Waals surface area contributed by atoms with Gasteiger partial charge in [0.05, 0.1) is 28.9 Å². The molecule has 8 aliphatic carbocycles. The number of aliphatic hydroxyl groups is 2. The predicted octanol–water partition coefficient (Wildman–Crippen LogP) is 3.89. The molecule has 4 unspecified atom stereocenters. The van der Waals surface area contributed by atoms with Gasteiger partial charge in [-0.05, 0) is 127 Å². The molecule has 8 saturated carbocycles. The maximum absolute atomic E-state index is 13.6. The van der Waals surface area contributed by atoms with Gasteiger partial charge in [0.2, 0.25) is 11.8 Å². The highest BCUT2D eigenvalue weighted by molar-refractivity contribution is 5.96. The van der Waals surface area contributed by atoms with Crippen LogP contribution in [0, 0.1) is 40.9 Å². The minimum atomic E-state index is -0.810. The number of nitrogens with zero attached hydrogens (tertiary/aromatic N) is 2. The van der Waals surface area contributed by atoms with Crippen LogP contribution in [0.3, 0.4) is 0 Å². The lowest BCUT2D eigenvalue weighted by Crippen LogP contribution is -2.62. The second-order valence-corrected chi connectivity index (χ2v) is 15.9. The second-order valence-electron chi connectivity index (χ2n) is 15.9. The number of amides is 2. The normalized spacial score (nSPS) is 41.6. The van der Waals surface area contributed by atoms with E-state index < -0.39 is 16.6 Å². The third-order valence-electron chi connectivity index (χ3n) is 11.6. The molecule has 2 amide bonds. The maximum atomic E-state index is 13.6. The van der Waals surface area contributed by atoms with Crippen LogP contribution in [-0.4, -0.2) is 61.2 Å². The molecule has 1 heterocycles. The summed E-state index contributed by atoms with van der Waals surface area (Å²) in [6.45, 7) is 7.62. The van der Waals surface area contributed by atoms with Gasteiger partial charge >= 0.3 is 0 Å². The van der Waals surface area contributed by atoms with Crippen LogP contribution < -0.4 is 15.4 Å². The van der Waals surface area contributed by atoms with Gasteiger partial charge in [0, 0.05) is 18.3 Å². The summed E-state index contributed by atoms with van der Waals surface area (Å²) in [5.41, 5.74) is -1.50. The molecule has 0 aromatic carbocycles. The number of nitrogens with one attached hydrogen (secondary N) is 2. The van der Waals surface area contributed by atoms with E-state index in [9.17, 15) is 19.8 Å². The third kappa shape index (κ3) is 4.98. The Morgan fingerprint density at radius 3 is 1.90 bits per heavy atom. The van der Waals surface area contributed by atoms with E-state index in [4.69, 9.17) is 4.74 Å². The molecule has 4 atom stereocenters. The fraction of sp³-hybridized carbons (Fsp3) is 0.788. The number of aromatic nitrogens is 2. The molecule has 230 valence electrons. The minimum absolute atomic E-state index is 0.0387. The molecule has 1 aromatic heterocycles. The average Bonchev–Trinajstić information content (AvgIpc) is 3.26. The van der Waals surface area contributed by atoms with Crippen LogP contribution in [0.2, 0.25) is 0 Å². The summed E-state index contributed by atoms with van der Waals surface area (Å²) in [6, 6.07) is 0.182. The number of hydrogen-bond donors (Lipinski definition) is 4. The first-order valence-electron chi connectivity index (χ1n) is 16.3. The van der Waals surface area contributed by atoms with E-state index in [1.54, 1.807) is 17.1 Å². The van der Waals surface area contributed by atoms with E-state index in [0.717, 1.165) is 64.2 Å². The van der Waals surface area contributed by atoms with Gasteiger partial charge < -0.3 is 25.6 Å². The van der Waals surface area contributed by atoms with Gasteiger partial charge in [-0.15, -0.1) is 0 Å². The molecule has 9 nitrogen and oxygen atoms in total. The molecule has 1 aromatic rings. The van der Waals surface area contributed by atoms with Crippen molar-refractivity contribution in [2.45, 2.75) is 121 Å². The van der Waals surface area contributed by atoms with E-state index in [1.165, 1.54) is 0 Å². The molecule has 0 saturated heterocycles. The molecule has 9 rings (SSSR count). The summed E-state index contributed by atoms with van der Waals surface area (Å²) in [5.74, 6) is 2.61. The summed E-state index contributed by atoms with van der Waals surface area (Å²) in [4.78, 5) is 27.1. The first-order valence-corrected chi connectivity index (χ1v) is 16.3. The van der Waals surface area contributed by atoms with Crippen molar-refractivity contribution in [3.63, 3.8) is 0 Å². The van der Waals surface area contributed by atoms with Gasteiger partial charge in [-0.3, -0.25) is 9.59 Å². The van der Waals surface area contributed by atoms with E-state index in [-0.39, 0.29) is 30.0 Å². The van der Waals surface area contributed by atoms with Crippen molar-refractivity contribution in [3.05, 3.63) is 17.8 Å². The molecular formula is C33H48N4O5. The smallest absolute Gasteiger partial charge is 0.258 e. The van der Waals surface area contributed by atoms with Crippen molar-refractivity contribution >= 4 is 18.0 Å². The summed E-state index contributed by atoms with van der Waals surface area (Å²) in [7, 11) is 0. The third-order valence-corrected chi connectivity index (χ3v) is 11.6. The number of carbonyl (C=O) groups is 2. The minimum Gasteiger partial charge on any atom is -0.474 e. The highest BCUT2D eigenvalue weighted by atomic mass is 16.5. The van der Waals surface area contributed by atoms with Crippen LogP contribution in [-0.2, 0) is 4.79 Å². The van der Waals surface area contributed by atoms with Gasteiger partial charge in [-0.25, -0.2) is 4.68 Å². The molecule has 0 spiro atoms. The zero-order valence-electron chi connectivity index (χ0n) is 25.5. The van der Waals surface area contributed by atoms with E-state index in [2.05, 4.69) is 15.7 Å². The van der Waals surface area contributed by atoms with Crippen molar-refractivity contribution < 1.29 is 24.5 Å². The van der Waals surface area contributed by atoms with Crippen LogP contribution in [0.1, 0.15) is 102 Å². The summed E-state index contributed by atoms with van der Waals surface area (Å²) < 4.78 is 7.66. The Bertz CT molecular complexity index is 1250. The fourth-order valence-corrected chi connectivity index (χ4v) is 10.3. The van der Waals surface area contributed by atoms with Gasteiger partial charge in [0.15, 0.2) is 0 Å².